The summed E-state index contributed by atoms with van der Waals surface area (Å²) in [5, 5.41) is 3.18. The molecule has 1 saturated heterocycles. The highest BCUT2D eigenvalue weighted by atomic mass is 32.1. The number of rotatable bonds is 5. The van der Waals surface area contributed by atoms with Gasteiger partial charge in [-0.2, -0.15) is 0 Å². The normalized spacial score (nSPS) is 16.0. The summed E-state index contributed by atoms with van der Waals surface area (Å²) < 4.78 is 5.47. The molecule has 1 atom stereocenters. The highest BCUT2D eigenvalue weighted by molar-refractivity contribution is 7.17. The summed E-state index contributed by atoms with van der Waals surface area (Å²) in [6.07, 6.45) is 1.77. The fourth-order valence-corrected chi connectivity index (χ4v) is 4.77. The Bertz CT molecular complexity index is 1130. The van der Waals surface area contributed by atoms with Crippen LogP contribution >= 0.6 is 11.3 Å². The predicted molar refractivity (Wildman–Crippen MR) is 119 cm³/mol. The first-order valence-corrected chi connectivity index (χ1v) is 11.0. The van der Waals surface area contributed by atoms with Crippen molar-refractivity contribution >= 4 is 21.6 Å². The highest BCUT2D eigenvalue weighted by Gasteiger charge is 2.22. The number of thiophene rings is 1. The van der Waals surface area contributed by atoms with Gasteiger partial charge < -0.3 is 10.5 Å². The monoisotopic (exact) mass is 417 g/mol. The Kier molecular flexibility index (Phi) is 5.50. The van der Waals surface area contributed by atoms with Crippen molar-refractivity contribution in [2.75, 3.05) is 26.3 Å². The molecule has 3 aromatic heterocycles. The van der Waals surface area contributed by atoms with Crippen molar-refractivity contribution in [3.05, 3.63) is 77.3 Å². The summed E-state index contributed by atoms with van der Waals surface area (Å²) in [4.78, 5) is 17.7. The molecule has 1 aliphatic heterocycles. The summed E-state index contributed by atoms with van der Waals surface area (Å²) >= 11 is 1.64. The van der Waals surface area contributed by atoms with E-state index in [0.717, 1.165) is 64.9 Å². The predicted octanol–water partition coefficient (Wildman–Crippen LogP) is 3.63. The summed E-state index contributed by atoms with van der Waals surface area (Å²) in [5.74, 6) is 0.798. The van der Waals surface area contributed by atoms with Gasteiger partial charge in [0, 0.05) is 35.6 Å². The largest absolute Gasteiger partial charge is 0.379 e. The molecule has 30 heavy (non-hydrogen) atoms. The lowest BCUT2D eigenvalue weighted by atomic mass is 10.0. The second-order valence-electron chi connectivity index (χ2n) is 7.34. The van der Waals surface area contributed by atoms with Gasteiger partial charge in [-0.15, -0.1) is 11.3 Å². The molecule has 0 radical (unpaired) electrons. The van der Waals surface area contributed by atoms with E-state index in [9.17, 15) is 0 Å². The van der Waals surface area contributed by atoms with Crippen LogP contribution in [0.3, 0.4) is 0 Å². The molecule has 2 N–H and O–H groups in total. The van der Waals surface area contributed by atoms with Crippen LogP contribution < -0.4 is 5.73 Å². The van der Waals surface area contributed by atoms with Gasteiger partial charge >= 0.3 is 0 Å². The van der Waals surface area contributed by atoms with Gasteiger partial charge in [0.25, 0.3) is 0 Å². The summed E-state index contributed by atoms with van der Waals surface area (Å²) in [5.41, 5.74) is 10.6. The first-order valence-electron chi connectivity index (χ1n) is 10.1. The Hall–Kier alpha value is -2.71. The first-order chi connectivity index (χ1) is 14.8. The van der Waals surface area contributed by atoms with E-state index >= 15 is 0 Å². The minimum absolute atomic E-state index is 0.419. The molecular weight excluding hydrogens is 394 g/mol. The van der Waals surface area contributed by atoms with Crippen LogP contribution in [0.25, 0.3) is 21.3 Å². The van der Waals surface area contributed by atoms with E-state index in [-0.39, 0.29) is 0 Å². The second-order valence-corrected chi connectivity index (χ2v) is 8.20. The molecule has 0 saturated carbocycles. The molecule has 4 heterocycles. The SMILES string of the molecule is NC(c1ccccn1)c1nc(CN2CCOCC2)nc2scc(-c3ccccc3)c12. The van der Waals surface area contributed by atoms with Gasteiger partial charge in [-0.25, -0.2) is 9.97 Å². The minimum atomic E-state index is -0.419. The second kappa shape index (κ2) is 8.57. The highest BCUT2D eigenvalue weighted by Crippen LogP contribution is 2.37. The Morgan fingerprint density at radius 2 is 1.83 bits per heavy atom. The molecule has 1 aliphatic rings. The average Bonchev–Trinajstić information content (AvgIpc) is 3.24. The van der Waals surface area contributed by atoms with E-state index in [1.54, 1.807) is 17.5 Å². The fourth-order valence-electron chi connectivity index (χ4n) is 3.80. The molecule has 152 valence electrons. The number of fused-ring (bicyclic) bond motifs is 1. The minimum Gasteiger partial charge on any atom is -0.379 e. The van der Waals surface area contributed by atoms with Gasteiger partial charge in [0.1, 0.15) is 10.7 Å². The average molecular weight is 418 g/mol. The van der Waals surface area contributed by atoms with Crippen molar-refractivity contribution in [3.8, 4) is 11.1 Å². The lowest BCUT2D eigenvalue weighted by molar-refractivity contribution is 0.0331. The first kappa shape index (κ1) is 19.3. The van der Waals surface area contributed by atoms with Crippen LogP contribution in [0.5, 0.6) is 0 Å². The number of nitrogens with zero attached hydrogens (tertiary/aromatic N) is 4. The fraction of sp³-hybridized carbons (Fsp3) is 0.261. The molecule has 0 amide bonds. The standard InChI is InChI=1S/C23H23N5OS/c24-21(18-8-4-5-9-25-18)22-20-17(16-6-2-1-3-7-16)15-30-23(20)27-19(26-22)14-28-10-12-29-13-11-28/h1-9,15,21H,10-14,24H2. The van der Waals surface area contributed by atoms with Crippen LogP contribution in [0.15, 0.2) is 60.1 Å². The third kappa shape index (κ3) is 3.85. The maximum absolute atomic E-state index is 6.71. The Morgan fingerprint density at radius 1 is 1.03 bits per heavy atom. The molecule has 0 spiro atoms. The molecule has 1 unspecified atom stereocenters. The topological polar surface area (TPSA) is 77.2 Å². The number of hydrogen-bond donors (Lipinski definition) is 1. The lowest BCUT2D eigenvalue weighted by Gasteiger charge is -2.26. The quantitative estimate of drug-likeness (QED) is 0.534. The van der Waals surface area contributed by atoms with Gasteiger partial charge in [0.15, 0.2) is 0 Å². The van der Waals surface area contributed by atoms with Crippen molar-refractivity contribution in [1.29, 1.82) is 0 Å². The molecule has 5 rings (SSSR count). The van der Waals surface area contributed by atoms with Crippen molar-refractivity contribution in [3.63, 3.8) is 0 Å². The summed E-state index contributed by atoms with van der Waals surface area (Å²) in [6.45, 7) is 3.98. The van der Waals surface area contributed by atoms with Crippen molar-refractivity contribution in [2.24, 2.45) is 5.73 Å². The Morgan fingerprint density at radius 3 is 2.60 bits per heavy atom. The molecule has 1 fully saturated rings. The van der Waals surface area contributed by atoms with Gasteiger partial charge in [0.05, 0.1) is 37.2 Å². The molecule has 6 nitrogen and oxygen atoms in total. The maximum atomic E-state index is 6.71. The molecule has 0 aliphatic carbocycles. The third-order valence-corrected chi connectivity index (χ3v) is 6.23. The zero-order chi connectivity index (χ0) is 20.3. The third-order valence-electron chi connectivity index (χ3n) is 5.36. The van der Waals surface area contributed by atoms with Gasteiger partial charge in [-0.1, -0.05) is 36.4 Å². The zero-order valence-corrected chi connectivity index (χ0v) is 17.4. The van der Waals surface area contributed by atoms with Crippen molar-refractivity contribution in [2.45, 2.75) is 12.6 Å². The number of benzene rings is 1. The van der Waals surface area contributed by atoms with Crippen molar-refractivity contribution in [1.82, 2.24) is 19.9 Å². The van der Waals surface area contributed by atoms with Crippen LogP contribution in [-0.4, -0.2) is 46.2 Å². The summed E-state index contributed by atoms with van der Waals surface area (Å²) in [6, 6.07) is 15.7. The molecular formula is C23H23N5OS. The maximum Gasteiger partial charge on any atom is 0.144 e. The number of nitrogens with two attached hydrogens (primary N) is 1. The number of hydrogen-bond acceptors (Lipinski definition) is 7. The molecule has 0 bridgehead atoms. The van der Waals surface area contributed by atoms with Crippen LogP contribution in [-0.2, 0) is 11.3 Å². The van der Waals surface area contributed by atoms with Crippen LogP contribution in [0.2, 0.25) is 0 Å². The number of aromatic nitrogens is 3. The Balaban J connectivity index is 1.63. The van der Waals surface area contributed by atoms with Gasteiger partial charge in [0.2, 0.25) is 0 Å². The van der Waals surface area contributed by atoms with Crippen LogP contribution in [0.4, 0.5) is 0 Å². The number of morpholine rings is 1. The van der Waals surface area contributed by atoms with Gasteiger partial charge in [-0.3, -0.25) is 9.88 Å². The zero-order valence-electron chi connectivity index (χ0n) is 16.6. The van der Waals surface area contributed by atoms with Crippen LogP contribution in [0, 0.1) is 0 Å². The molecule has 4 aromatic rings. The number of ether oxygens (including phenoxy) is 1. The van der Waals surface area contributed by atoms with Gasteiger partial charge in [-0.05, 0) is 17.7 Å². The molecule has 1 aromatic carbocycles. The van der Waals surface area contributed by atoms with E-state index in [4.69, 9.17) is 20.4 Å². The Labute approximate surface area is 179 Å². The van der Waals surface area contributed by atoms with Crippen LogP contribution in [0.1, 0.15) is 23.3 Å². The van der Waals surface area contributed by atoms with E-state index in [2.05, 4.69) is 27.4 Å². The van der Waals surface area contributed by atoms with E-state index < -0.39 is 6.04 Å². The van der Waals surface area contributed by atoms with E-state index in [1.165, 1.54) is 0 Å². The van der Waals surface area contributed by atoms with Crippen molar-refractivity contribution < 1.29 is 4.74 Å². The van der Waals surface area contributed by atoms with E-state index in [1.807, 2.05) is 36.4 Å². The van der Waals surface area contributed by atoms with E-state index in [0.29, 0.717) is 6.54 Å². The lowest BCUT2D eigenvalue weighted by Crippen LogP contribution is -2.36. The summed E-state index contributed by atoms with van der Waals surface area (Å²) in [7, 11) is 0. The smallest absolute Gasteiger partial charge is 0.144 e. The number of pyridine rings is 1. The molecule has 7 heteroatoms.